The van der Waals surface area contributed by atoms with E-state index in [9.17, 15) is 0 Å². The second-order valence-electron chi connectivity index (χ2n) is 4.75. The fourth-order valence-electron chi connectivity index (χ4n) is 2.28. The maximum absolute atomic E-state index is 6.45. The summed E-state index contributed by atoms with van der Waals surface area (Å²) in [4.78, 5) is 0. The molecule has 0 bridgehead atoms. The van der Waals surface area contributed by atoms with E-state index >= 15 is 0 Å². The van der Waals surface area contributed by atoms with Crippen molar-refractivity contribution in [2.45, 2.75) is 19.4 Å². The van der Waals surface area contributed by atoms with Gasteiger partial charge in [0.25, 0.3) is 0 Å². The molecular weight excluding hydrogens is 350 g/mol. The van der Waals surface area contributed by atoms with Gasteiger partial charge in [-0.25, -0.2) is 0 Å². The van der Waals surface area contributed by atoms with Crippen LogP contribution in [0.15, 0.2) is 46.9 Å². The van der Waals surface area contributed by atoms with E-state index in [0.29, 0.717) is 6.61 Å². The maximum Gasteiger partial charge on any atom is 0.124 e. The smallest absolute Gasteiger partial charge is 0.124 e. The van der Waals surface area contributed by atoms with Crippen LogP contribution in [-0.4, -0.2) is 13.7 Å². The van der Waals surface area contributed by atoms with Gasteiger partial charge in [-0.3, -0.25) is 0 Å². The summed E-state index contributed by atoms with van der Waals surface area (Å²) in [5.74, 6) is 0.898. The van der Waals surface area contributed by atoms with Crippen molar-refractivity contribution in [3.8, 4) is 5.75 Å². The lowest BCUT2D eigenvalue weighted by Crippen LogP contribution is -2.19. The Hall–Kier alpha value is -1.03. The summed E-state index contributed by atoms with van der Waals surface area (Å²) in [6.07, 6.45) is 0.982. The summed E-state index contributed by atoms with van der Waals surface area (Å²) in [6, 6.07) is 14.0. The van der Waals surface area contributed by atoms with Gasteiger partial charge in [0.2, 0.25) is 0 Å². The van der Waals surface area contributed by atoms with Crippen LogP contribution in [0.1, 0.15) is 30.5 Å². The Morgan fingerprint density at radius 3 is 2.57 bits per heavy atom. The van der Waals surface area contributed by atoms with Gasteiger partial charge in [0.05, 0.1) is 17.7 Å². The SMILES string of the molecule is CCCOc1ccccc1C(NC)c1cccc(Br)c1Cl. The molecule has 0 amide bonds. The lowest BCUT2D eigenvalue weighted by molar-refractivity contribution is 0.312. The van der Waals surface area contributed by atoms with E-state index in [1.807, 2.05) is 43.4 Å². The van der Waals surface area contributed by atoms with Crippen molar-refractivity contribution in [1.82, 2.24) is 5.32 Å². The van der Waals surface area contributed by atoms with Crippen molar-refractivity contribution in [1.29, 1.82) is 0 Å². The monoisotopic (exact) mass is 367 g/mol. The van der Waals surface area contributed by atoms with Crippen LogP contribution in [0.25, 0.3) is 0 Å². The van der Waals surface area contributed by atoms with Crippen LogP contribution in [0.4, 0.5) is 0 Å². The Morgan fingerprint density at radius 1 is 1.14 bits per heavy atom. The van der Waals surface area contributed by atoms with Crippen LogP contribution >= 0.6 is 27.5 Å². The minimum atomic E-state index is -0.0111. The second-order valence-corrected chi connectivity index (χ2v) is 5.98. The van der Waals surface area contributed by atoms with E-state index in [1.54, 1.807) is 0 Å². The topological polar surface area (TPSA) is 21.3 Å². The van der Waals surface area contributed by atoms with E-state index in [2.05, 4.69) is 34.2 Å². The highest BCUT2D eigenvalue weighted by molar-refractivity contribution is 9.10. The standard InChI is InChI=1S/C17H19BrClNO/c1-3-11-21-15-10-5-4-7-12(15)17(20-2)13-8-6-9-14(18)16(13)19/h4-10,17,20H,3,11H2,1-2H3. The molecule has 0 heterocycles. The highest BCUT2D eigenvalue weighted by Crippen LogP contribution is 2.36. The Balaban J connectivity index is 2.44. The average Bonchev–Trinajstić information content (AvgIpc) is 2.51. The first kappa shape index (κ1) is 16.3. The average molecular weight is 369 g/mol. The van der Waals surface area contributed by atoms with E-state index in [4.69, 9.17) is 16.3 Å². The molecular formula is C17H19BrClNO. The molecule has 21 heavy (non-hydrogen) atoms. The van der Waals surface area contributed by atoms with E-state index in [1.165, 1.54) is 0 Å². The number of halogens is 2. The van der Waals surface area contributed by atoms with Crippen molar-refractivity contribution in [3.63, 3.8) is 0 Å². The molecule has 2 nitrogen and oxygen atoms in total. The molecule has 112 valence electrons. The molecule has 0 aliphatic heterocycles. The maximum atomic E-state index is 6.45. The molecule has 0 saturated carbocycles. The molecule has 2 aromatic rings. The highest BCUT2D eigenvalue weighted by atomic mass is 79.9. The molecule has 0 aromatic heterocycles. The lowest BCUT2D eigenvalue weighted by atomic mass is 9.98. The number of hydrogen-bond acceptors (Lipinski definition) is 2. The summed E-state index contributed by atoms with van der Waals surface area (Å²) in [5.41, 5.74) is 2.12. The normalized spacial score (nSPS) is 12.2. The second kappa shape index (κ2) is 7.83. The Labute approximate surface area is 139 Å². The van der Waals surface area contributed by atoms with Gasteiger partial charge in [-0.05, 0) is 47.1 Å². The third kappa shape index (κ3) is 3.79. The van der Waals surface area contributed by atoms with Gasteiger partial charge < -0.3 is 10.1 Å². The fraction of sp³-hybridized carbons (Fsp3) is 0.294. The Kier molecular flexibility index (Phi) is 6.09. The van der Waals surface area contributed by atoms with Crippen molar-refractivity contribution in [3.05, 3.63) is 63.1 Å². The molecule has 0 fully saturated rings. The summed E-state index contributed by atoms with van der Waals surface area (Å²) in [6.45, 7) is 2.81. The molecule has 1 atom stereocenters. The van der Waals surface area contributed by atoms with Gasteiger partial charge in [0, 0.05) is 10.0 Å². The minimum absolute atomic E-state index is 0.0111. The van der Waals surface area contributed by atoms with Gasteiger partial charge in [0.1, 0.15) is 5.75 Å². The molecule has 0 aliphatic rings. The van der Waals surface area contributed by atoms with Crippen LogP contribution in [0.5, 0.6) is 5.75 Å². The fourth-order valence-corrected chi connectivity index (χ4v) is 2.90. The lowest BCUT2D eigenvalue weighted by Gasteiger charge is -2.22. The van der Waals surface area contributed by atoms with Gasteiger partial charge in [-0.2, -0.15) is 0 Å². The van der Waals surface area contributed by atoms with E-state index < -0.39 is 0 Å². The van der Waals surface area contributed by atoms with Crippen LogP contribution in [0.3, 0.4) is 0 Å². The molecule has 0 aliphatic carbocycles. The third-order valence-corrected chi connectivity index (χ3v) is 4.58. The number of hydrogen-bond donors (Lipinski definition) is 1. The summed E-state index contributed by atoms with van der Waals surface area (Å²) in [5, 5.41) is 4.06. The highest BCUT2D eigenvalue weighted by Gasteiger charge is 2.19. The predicted molar refractivity (Wildman–Crippen MR) is 92.3 cm³/mol. The first-order valence-corrected chi connectivity index (χ1v) is 8.19. The Morgan fingerprint density at radius 2 is 1.86 bits per heavy atom. The summed E-state index contributed by atoms with van der Waals surface area (Å²) < 4.78 is 6.76. The zero-order chi connectivity index (χ0) is 15.2. The minimum Gasteiger partial charge on any atom is -0.493 e. The zero-order valence-corrected chi connectivity index (χ0v) is 14.5. The van der Waals surface area contributed by atoms with Gasteiger partial charge in [-0.15, -0.1) is 0 Å². The quantitative estimate of drug-likeness (QED) is 0.756. The molecule has 4 heteroatoms. The molecule has 2 aromatic carbocycles. The van der Waals surface area contributed by atoms with Gasteiger partial charge >= 0.3 is 0 Å². The van der Waals surface area contributed by atoms with Crippen LogP contribution in [-0.2, 0) is 0 Å². The first-order valence-electron chi connectivity index (χ1n) is 7.02. The van der Waals surface area contributed by atoms with Crippen LogP contribution in [0, 0.1) is 0 Å². The van der Waals surface area contributed by atoms with Gasteiger partial charge in [0.15, 0.2) is 0 Å². The number of benzene rings is 2. The van der Waals surface area contributed by atoms with Crippen molar-refractivity contribution in [2.75, 3.05) is 13.7 Å². The van der Waals surface area contributed by atoms with E-state index in [0.717, 1.165) is 32.8 Å². The zero-order valence-electron chi connectivity index (χ0n) is 12.2. The first-order chi connectivity index (χ1) is 10.2. The largest absolute Gasteiger partial charge is 0.493 e. The summed E-state index contributed by atoms with van der Waals surface area (Å²) >= 11 is 9.93. The molecule has 1 N–H and O–H groups in total. The van der Waals surface area contributed by atoms with Crippen molar-refractivity contribution in [2.24, 2.45) is 0 Å². The number of para-hydroxylation sites is 1. The third-order valence-electron chi connectivity index (χ3n) is 3.27. The molecule has 0 spiro atoms. The molecule has 2 rings (SSSR count). The number of ether oxygens (including phenoxy) is 1. The molecule has 1 unspecified atom stereocenters. The summed E-state index contributed by atoms with van der Waals surface area (Å²) in [7, 11) is 1.93. The Bertz CT molecular complexity index is 603. The van der Waals surface area contributed by atoms with Gasteiger partial charge in [-0.1, -0.05) is 48.9 Å². The van der Waals surface area contributed by atoms with E-state index in [-0.39, 0.29) is 6.04 Å². The number of nitrogens with one attached hydrogen (secondary N) is 1. The molecule has 0 saturated heterocycles. The predicted octanol–water partition coefficient (Wildman–Crippen LogP) is 5.20. The van der Waals surface area contributed by atoms with Crippen LogP contribution in [0.2, 0.25) is 5.02 Å². The number of rotatable bonds is 6. The van der Waals surface area contributed by atoms with Crippen LogP contribution < -0.4 is 10.1 Å². The molecule has 0 radical (unpaired) electrons. The van der Waals surface area contributed by atoms with Crippen molar-refractivity contribution >= 4 is 27.5 Å². The van der Waals surface area contributed by atoms with Crippen molar-refractivity contribution < 1.29 is 4.74 Å².